The highest BCUT2D eigenvalue weighted by atomic mass is 16.5. The molecule has 1 rings (SSSR count). The standard InChI is InChI=1S/C12H17NO3.C3H4O4/c1-16-6-5-13-9-11-4-2-3-10(7-11)8-12(14)15;1-7-3(6)2(4)5/h2-4,7,13H,5-6,8-9H2,1H3,(H,14,15);1H3,(H,4,5). The molecule has 0 spiro atoms. The Morgan fingerprint density at radius 2 is 1.78 bits per heavy atom. The average molecular weight is 327 g/mol. The van der Waals surface area contributed by atoms with Crippen LogP contribution in [0.1, 0.15) is 11.1 Å². The van der Waals surface area contributed by atoms with Gasteiger partial charge in [0.2, 0.25) is 0 Å². The van der Waals surface area contributed by atoms with Gasteiger partial charge in [0, 0.05) is 20.2 Å². The van der Waals surface area contributed by atoms with Gasteiger partial charge in [-0.3, -0.25) is 4.79 Å². The number of methoxy groups -OCH3 is 2. The zero-order chi connectivity index (χ0) is 17.7. The molecule has 1 aromatic carbocycles. The molecule has 23 heavy (non-hydrogen) atoms. The van der Waals surface area contributed by atoms with E-state index < -0.39 is 17.9 Å². The van der Waals surface area contributed by atoms with Crippen LogP contribution in [0.3, 0.4) is 0 Å². The van der Waals surface area contributed by atoms with E-state index in [0.29, 0.717) is 6.61 Å². The lowest BCUT2D eigenvalue weighted by molar-refractivity contribution is -0.161. The van der Waals surface area contributed by atoms with Crippen molar-refractivity contribution in [2.45, 2.75) is 13.0 Å². The number of carboxylic acids is 2. The van der Waals surface area contributed by atoms with Gasteiger partial charge in [0.25, 0.3) is 0 Å². The lowest BCUT2D eigenvalue weighted by Crippen LogP contribution is -2.18. The molecular weight excluding hydrogens is 306 g/mol. The minimum atomic E-state index is -1.57. The number of carbonyl (C=O) groups excluding carboxylic acids is 1. The number of nitrogens with one attached hydrogen (secondary N) is 1. The lowest BCUT2D eigenvalue weighted by Gasteiger charge is -2.05. The van der Waals surface area contributed by atoms with Crippen LogP contribution in [0.25, 0.3) is 0 Å². The Morgan fingerprint density at radius 1 is 1.13 bits per heavy atom. The zero-order valence-electron chi connectivity index (χ0n) is 13.1. The molecule has 0 unspecified atom stereocenters. The van der Waals surface area contributed by atoms with E-state index in [4.69, 9.17) is 14.9 Å². The molecular formula is C15H21NO7. The molecule has 3 N–H and O–H groups in total. The molecule has 0 aliphatic carbocycles. The molecule has 0 radical (unpaired) electrons. The second-order valence-corrected chi connectivity index (χ2v) is 4.36. The van der Waals surface area contributed by atoms with Crippen LogP contribution in [0.4, 0.5) is 0 Å². The molecule has 0 saturated carbocycles. The summed E-state index contributed by atoms with van der Waals surface area (Å²) in [6.45, 7) is 2.20. The van der Waals surface area contributed by atoms with E-state index in [1.54, 1.807) is 7.11 Å². The van der Waals surface area contributed by atoms with Gasteiger partial charge < -0.3 is 25.0 Å². The van der Waals surface area contributed by atoms with Gasteiger partial charge in [-0.25, -0.2) is 9.59 Å². The number of carbonyl (C=O) groups is 3. The van der Waals surface area contributed by atoms with Crippen molar-refractivity contribution in [2.24, 2.45) is 0 Å². The summed E-state index contributed by atoms with van der Waals surface area (Å²) in [4.78, 5) is 29.7. The van der Waals surface area contributed by atoms with Crippen molar-refractivity contribution >= 4 is 17.9 Å². The monoisotopic (exact) mass is 327 g/mol. The topological polar surface area (TPSA) is 122 Å². The van der Waals surface area contributed by atoms with Crippen molar-refractivity contribution in [1.82, 2.24) is 5.32 Å². The van der Waals surface area contributed by atoms with Crippen LogP contribution in [-0.4, -0.2) is 55.5 Å². The normalized spacial score (nSPS) is 9.48. The molecule has 8 nitrogen and oxygen atoms in total. The van der Waals surface area contributed by atoms with Crippen LogP contribution in [0.15, 0.2) is 24.3 Å². The number of hydrogen-bond donors (Lipinski definition) is 3. The first kappa shape index (κ1) is 20.6. The van der Waals surface area contributed by atoms with Crippen LogP contribution in [0, 0.1) is 0 Å². The van der Waals surface area contributed by atoms with Crippen LogP contribution in [0.5, 0.6) is 0 Å². The van der Waals surface area contributed by atoms with E-state index in [-0.39, 0.29) is 6.42 Å². The minimum absolute atomic E-state index is 0.0753. The van der Waals surface area contributed by atoms with E-state index in [1.807, 2.05) is 24.3 Å². The Kier molecular flexibility index (Phi) is 10.8. The summed E-state index contributed by atoms with van der Waals surface area (Å²) in [6.07, 6.45) is 0.0753. The number of benzene rings is 1. The third kappa shape index (κ3) is 10.9. The van der Waals surface area contributed by atoms with Gasteiger partial charge in [-0.15, -0.1) is 0 Å². The summed E-state index contributed by atoms with van der Waals surface area (Å²) in [5, 5.41) is 19.6. The number of carboxylic acid groups (broad SMARTS) is 2. The summed E-state index contributed by atoms with van der Waals surface area (Å²) in [6, 6.07) is 7.59. The van der Waals surface area contributed by atoms with Gasteiger partial charge in [0.05, 0.1) is 20.1 Å². The van der Waals surface area contributed by atoms with E-state index in [1.165, 1.54) is 0 Å². The van der Waals surface area contributed by atoms with Crippen molar-refractivity contribution in [3.05, 3.63) is 35.4 Å². The molecule has 0 aliphatic heterocycles. The molecule has 128 valence electrons. The number of rotatable bonds is 7. The fourth-order valence-corrected chi connectivity index (χ4v) is 1.52. The van der Waals surface area contributed by atoms with Gasteiger partial charge >= 0.3 is 17.9 Å². The maximum atomic E-state index is 10.5. The van der Waals surface area contributed by atoms with Gasteiger partial charge in [-0.1, -0.05) is 24.3 Å². The molecule has 0 heterocycles. The molecule has 8 heteroatoms. The quantitative estimate of drug-likeness (QED) is 0.371. The van der Waals surface area contributed by atoms with Crippen LogP contribution < -0.4 is 5.32 Å². The first-order valence-corrected chi connectivity index (χ1v) is 6.71. The van der Waals surface area contributed by atoms with Gasteiger partial charge in [0.15, 0.2) is 0 Å². The molecule has 0 fully saturated rings. The van der Waals surface area contributed by atoms with Crippen molar-refractivity contribution in [1.29, 1.82) is 0 Å². The molecule has 0 atom stereocenters. The molecule has 1 aromatic rings. The smallest absolute Gasteiger partial charge is 0.417 e. The third-order valence-electron chi connectivity index (χ3n) is 2.52. The third-order valence-corrected chi connectivity index (χ3v) is 2.52. The van der Waals surface area contributed by atoms with Crippen molar-refractivity contribution < 1.29 is 34.1 Å². The first-order chi connectivity index (χ1) is 10.9. The SMILES string of the molecule is COC(=O)C(=O)O.COCCNCc1cccc(CC(=O)O)c1. The predicted molar refractivity (Wildman–Crippen MR) is 81.0 cm³/mol. The highest BCUT2D eigenvalue weighted by Gasteiger charge is 2.08. The molecule has 0 bridgehead atoms. The Labute approximate surface area is 134 Å². The van der Waals surface area contributed by atoms with E-state index in [0.717, 1.165) is 31.3 Å². The number of aliphatic carboxylic acids is 2. The maximum Gasteiger partial charge on any atom is 0.417 e. The van der Waals surface area contributed by atoms with Crippen molar-refractivity contribution in [3.8, 4) is 0 Å². The number of ether oxygens (including phenoxy) is 2. The summed E-state index contributed by atoms with van der Waals surface area (Å²) in [5.41, 5.74) is 1.92. The minimum Gasteiger partial charge on any atom is -0.481 e. The molecule has 0 saturated heterocycles. The second-order valence-electron chi connectivity index (χ2n) is 4.36. The highest BCUT2D eigenvalue weighted by Crippen LogP contribution is 2.05. The van der Waals surface area contributed by atoms with Gasteiger partial charge in [-0.05, 0) is 11.1 Å². The number of esters is 1. The number of hydrogen-bond acceptors (Lipinski definition) is 6. The fourth-order valence-electron chi connectivity index (χ4n) is 1.52. The Hall–Kier alpha value is -2.45. The van der Waals surface area contributed by atoms with Gasteiger partial charge in [0.1, 0.15) is 0 Å². The second kappa shape index (κ2) is 12.1. The molecule has 0 amide bonds. The Balaban J connectivity index is 0.000000585. The van der Waals surface area contributed by atoms with Crippen LogP contribution in [-0.2, 0) is 36.8 Å². The largest absolute Gasteiger partial charge is 0.481 e. The predicted octanol–water partition coefficient (Wildman–Crippen LogP) is 0.294. The average Bonchev–Trinajstić information content (AvgIpc) is 2.51. The van der Waals surface area contributed by atoms with E-state index in [2.05, 4.69) is 10.1 Å². The van der Waals surface area contributed by atoms with Gasteiger partial charge in [-0.2, -0.15) is 0 Å². The highest BCUT2D eigenvalue weighted by molar-refractivity contribution is 6.28. The molecule has 0 aromatic heterocycles. The van der Waals surface area contributed by atoms with E-state index >= 15 is 0 Å². The van der Waals surface area contributed by atoms with Crippen molar-refractivity contribution in [3.63, 3.8) is 0 Å². The summed E-state index contributed by atoms with van der Waals surface area (Å²) in [7, 11) is 2.67. The lowest BCUT2D eigenvalue weighted by atomic mass is 10.1. The van der Waals surface area contributed by atoms with Crippen molar-refractivity contribution in [2.75, 3.05) is 27.4 Å². The Bertz CT molecular complexity index is 516. The molecule has 0 aliphatic rings. The maximum absolute atomic E-state index is 10.5. The van der Waals surface area contributed by atoms with Crippen LogP contribution in [0.2, 0.25) is 0 Å². The summed E-state index contributed by atoms with van der Waals surface area (Å²) in [5.74, 6) is -3.60. The zero-order valence-corrected chi connectivity index (χ0v) is 13.1. The van der Waals surface area contributed by atoms with E-state index in [9.17, 15) is 14.4 Å². The summed E-state index contributed by atoms with van der Waals surface area (Å²) < 4.78 is 8.69. The first-order valence-electron chi connectivity index (χ1n) is 6.71. The summed E-state index contributed by atoms with van der Waals surface area (Å²) >= 11 is 0. The fraction of sp³-hybridized carbons (Fsp3) is 0.400. The van der Waals surface area contributed by atoms with Crippen LogP contribution >= 0.6 is 0 Å². The Morgan fingerprint density at radius 3 is 2.26 bits per heavy atom.